The second kappa shape index (κ2) is 8.93. The smallest absolute Gasteiger partial charge is 0.293 e. The molecule has 1 unspecified atom stereocenters. The van der Waals surface area contributed by atoms with Crippen molar-refractivity contribution in [3.8, 4) is 0 Å². The van der Waals surface area contributed by atoms with Gasteiger partial charge in [0.25, 0.3) is 11.1 Å². The van der Waals surface area contributed by atoms with E-state index in [1.165, 1.54) is 17.3 Å². The molecule has 2 amide bonds. The number of aliphatic hydroxyl groups is 1. The van der Waals surface area contributed by atoms with Crippen LogP contribution >= 0.6 is 27.7 Å². The number of hydrogen-bond donors (Lipinski definition) is 1. The first-order chi connectivity index (χ1) is 15.2. The number of amides is 2. The molecule has 1 aliphatic rings. The number of nitrogens with zero attached hydrogens (tertiary/aromatic N) is 4. The van der Waals surface area contributed by atoms with Crippen LogP contribution in [0.5, 0.6) is 0 Å². The van der Waals surface area contributed by atoms with Gasteiger partial charge in [0.15, 0.2) is 0 Å². The number of benzene rings is 2. The van der Waals surface area contributed by atoms with Crippen molar-refractivity contribution < 1.29 is 23.5 Å². The standard InChI is InChI=1S/C21H15BrF2N4O3S/c22-14-3-1-13(2-4-14)7-18-19(29)28(20(30)32-18)10-21(31,9-27-12-25-11-26-27)16-6-5-15(23)8-17(16)24/h1-8,11-12,31H,9-10H2/b18-7-. The van der Waals surface area contributed by atoms with Crippen molar-refractivity contribution in [2.24, 2.45) is 0 Å². The number of carbonyl (C=O) groups excluding carboxylic acids is 2. The highest BCUT2D eigenvalue weighted by atomic mass is 79.9. The molecule has 164 valence electrons. The molecule has 1 N–H and O–H groups in total. The fourth-order valence-electron chi connectivity index (χ4n) is 3.28. The van der Waals surface area contributed by atoms with Gasteiger partial charge in [-0.25, -0.2) is 18.4 Å². The van der Waals surface area contributed by atoms with Crippen LogP contribution in [0.3, 0.4) is 0 Å². The molecular formula is C21H15BrF2N4O3S. The first kappa shape index (κ1) is 22.3. The Morgan fingerprint density at radius 3 is 2.53 bits per heavy atom. The monoisotopic (exact) mass is 520 g/mol. The van der Waals surface area contributed by atoms with Crippen molar-refractivity contribution >= 4 is 44.9 Å². The summed E-state index contributed by atoms with van der Waals surface area (Å²) in [4.78, 5) is 30.4. The van der Waals surface area contributed by atoms with Gasteiger partial charge in [0.05, 0.1) is 18.0 Å². The van der Waals surface area contributed by atoms with E-state index in [0.717, 1.165) is 33.3 Å². The number of β-amino-alcohol motifs (C(OH)–C–C–N with tert-alkyl or cyclic N) is 1. The highest BCUT2D eigenvalue weighted by molar-refractivity contribution is 9.10. The fourth-order valence-corrected chi connectivity index (χ4v) is 4.38. The van der Waals surface area contributed by atoms with Crippen LogP contribution in [0.15, 0.2) is 64.5 Å². The lowest BCUT2D eigenvalue weighted by Crippen LogP contribution is -2.46. The number of rotatable bonds is 6. The Hall–Kier alpha value is -2.89. The first-order valence-electron chi connectivity index (χ1n) is 9.26. The molecule has 1 saturated heterocycles. The molecule has 1 atom stereocenters. The third-order valence-corrected chi connectivity index (χ3v) is 6.22. The van der Waals surface area contributed by atoms with Crippen LogP contribution in [0.1, 0.15) is 11.1 Å². The molecule has 32 heavy (non-hydrogen) atoms. The van der Waals surface area contributed by atoms with Gasteiger partial charge >= 0.3 is 0 Å². The topological polar surface area (TPSA) is 88.3 Å². The molecule has 4 rings (SSSR count). The summed E-state index contributed by atoms with van der Waals surface area (Å²) in [5.74, 6) is -2.45. The van der Waals surface area contributed by atoms with E-state index in [0.29, 0.717) is 11.6 Å². The third-order valence-electron chi connectivity index (χ3n) is 4.78. The van der Waals surface area contributed by atoms with Crippen LogP contribution in [0, 0.1) is 11.6 Å². The van der Waals surface area contributed by atoms with E-state index >= 15 is 0 Å². The lowest BCUT2D eigenvalue weighted by atomic mass is 9.92. The van der Waals surface area contributed by atoms with Crippen LogP contribution < -0.4 is 0 Å². The van der Waals surface area contributed by atoms with Crippen molar-refractivity contribution in [2.45, 2.75) is 12.1 Å². The molecule has 0 aliphatic carbocycles. The van der Waals surface area contributed by atoms with Crippen molar-refractivity contribution in [3.05, 3.63) is 87.3 Å². The number of aromatic nitrogens is 3. The van der Waals surface area contributed by atoms with Crippen LogP contribution in [0.25, 0.3) is 6.08 Å². The van der Waals surface area contributed by atoms with Crippen LogP contribution in [-0.4, -0.2) is 42.5 Å². The number of carbonyl (C=O) groups is 2. The average Bonchev–Trinajstić information content (AvgIpc) is 3.33. The predicted octanol–water partition coefficient (Wildman–Crippen LogP) is 3.94. The van der Waals surface area contributed by atoms with Gasteiger partial charge in [0, 0.05) is 16.1 Å². The summed E-state index contributed by atoms with van der Waals surface area (Å²) in [6.45, 7) is -0.874. The second-order valence-corrected chi connectivity index (χ2v) is 8.98. The van der Waals surface area contributed by atoms with Gasteiger partial charge in [-0.05, 0) is 41.6 Å². The minimum atomic E-state index is -2.08. The number of halogens is 3. The molecule has 2 aromatic carbocycles. The summed E-state index contributed by atoms with van der Waals surface area (Å²) >= 11 is 4.05. The Labute approximate surface area is 193 Å². The molecule has 0 bridgehead atoms. The Balaban J connectivity index is 1.66. The quantitative estimate of drug-likeness (QED) is 0.495. The van der Waals surface area contributed by atoms with Crippen molar-refractivity contribution in [1.82, 2.24) is 19.7 Å². The normalized spacial score (nSPS) is 17.2. The minimum absolute atomic E-state index is 0.167. The molecule has 1 fully saturated rings. The van der Waals surface area contributed by atoms with E-state index in [1.54, 1.807) is 30.3 Å². The van der Waals surface area contributed by atoms with Crippen molar-refractivity contribution in [1.29, 1.82) is 0 Å². The predicted molar refractivity (Wildman–Crippen MR) is 117 cm³/mol. The molecule has 2 heterocycles. The van der Waals surface area contributed by atoms with Crippen molar-refractivity contribution in [3.63, 3.8) is 0 Å². The zero-order valence-electron chi connectivity index (χ0n) is 16.3. The van der Waals surface area contributed by atoms with Gasteiger partial charge in [-0.2, -0.15) is 5.10 Å². The lowest BCUT2D eigenvalue weighted by molar-refractivity contribution is -0.126. The van der Waals surface area contributed by atoms with Crippen LogP contribution in [-0.2, 0) is 16.9 Å². The largest absolute Gasteiger partial charge is 0.381 e. The minimum Gasteiger partial charge on any atom is -0.381 e. The zero-order valence-corrected chi connectivity index (χ0v) is 18.7. The molecular weight excluding hydrogens is 506 g/mol. The van der Waals surface area contributed by atoms with Crippen LogP contribution in [0.4, 0.5) is 13.6 Å². The summed E-state index contributed by atoms with van der Waals surface area (Å²) < 4.78 is 30.1. The van der Waals surface area contributed by atoms with Gasteiger partial charge in [-0.1, -0.05) is 34.1 Å². The Kier molecular flexibility index (Phi) is 6.22. The Morgan fingerprint density at radius 1 is 1.12 bits per heavy atom. The van der Waals surface area contributed by atoms with Gasteiger partial charge in [-0.15, -0.1) is 0 Å². The summed E-state index contributed by atoms with van der Waals surface area (Å²) in [5, 5.41) is 14.7. The number of thioether (sulfide) groups is 1. The van der Waals surface area contributed by atoms with E-state index < -0.39 is 34.9 Å². The third kappa shape index (κ3) is 4.64. The Morgan fingerprint density at radius 2 is 1.88 bits per heavy atom. The molecule has 1 aromatic heterocycles. The number of imide groups is 1. The highest BCUT2D eigenvalue weighted by Crippen LogP contribution is 2.36. The summed E-state index contributed by atoms with van der Waals surface area (Å²) in [6, 6.07) is 9.84. The van der Waals surface area contributed by atoms with E-state index in [2.05, 4.69) is 26.0 Å². The Bertz CT molecular complexity index is 1200. The average molecular weight is 521 g/mol. The fraction of sp³-hybridized carbons (Fsp3) is 0.143. The maximum atomic E-state index is 14.6. The molecule has 11 heteroatoms. The molecule has 0 saturated carbocycles. The lowest BCUT2D eigenvalue weighted by Gasteiger charge is -2.31. The maximum absolute atomic E-state index is 14.6. The zero-order chi connectivity index (χ0) is 22.9. The molecule has 1 aliphatic heterocycles. The second-order valence-electron chi connectivity index (χ2n) is 7.07. The van der Waals surface area contributed by atoms with Gasteiger partial charge in [-0.3, -0.25) is 14.5 Å². The molecule has 3 aromatic rings. The SMILES string of the molecule is O=C1S/C(=C\c2ccc(Br)cc2)C(=O)N1CC(O)(Cn1cncn1)c1ccc(F)cc1F. The molecule has 0 radical (unpaired) electrons. The van der Waals surface area contributed by atoms with E-state index in [-0.39, 0.29) is 17.0 Å². The van der Waals surface area contributed by atoms with Crippen molar-refractivity contribution in [2.75, 3.05) is 6.54 Å². The van der Waals surface area contributed by atoms with Gasteiger partial charge < -0.3 is 5.11 Å². The summed E-state index contributed by atoms with van der Waals surface area (Å²) in [5.41, 5.74) is -1.64. The molecule has 7 nitrogen and oxygen atoms in total. The van der Waals surface area contributed by atoms with Gasteiger partial charge in [0.2, 0.25) is 0 Å². The molecule has 0 spiro atoms. The van der Waals surface area contributed by atoms with E-state index in [4.69, 9.17) is 0 Å². The first-order valence-corrected chi connectivity index (χ1v) is 10.9. The number of hydrogen-bond acceptors (Lipinski definition) is 6. The highest BCUT2D eigenvalue weighted by Gasteiger charge is 2.43. The van der Waals surface area contributed by atoms with Crippen LogP contribution in [0.2, 0.25) is 0 Å². The van der Waals surface area contributed by atoms with E-state index in [1.807, 2.05) is 0 Å². The summed E-state index contributed by atoms with van der Waals surface area (Å²) in [6.07, 6.45) is 4.09. The van der Waals surface area contributed by atoms with E-state index in [9.17, 15) is 23.5 Å². The van der Waals surface area contributed by atoms with Gasteiger partial charge in [0.1, 0.15) is 29.9 Å². The maximum Gasteiger partial charge on any atom is 0.293 e. The summed E-state index contributed by atoms with van der Waals surface area (Å²) in [7, 11) is 0.